The molecule has 102 valence electrons. The standard InChI is InChI=1S/C15H26FNSi/c1-5-9-17-11-14(12-18(2,3)4)13-7-6-8-15(16)10-13/h6-8,10,14,17H,5,9,11-12H2,1-4H3. The van der Waals surface area contributed by atoms with E-state index in [4.69, 9.17) is 0 Å². The molecule has 0 aromatic heterocycles. The molecule has 0 fully saturated rings. The Morgan fingerprint density at radius 3 is 2.56 bits per heavy atom. The van der Waals surface area contributed by atoms with Crippen molar-refractivity contribution in [2.45, 2.75) is 44.9 Å². The fraction of sp³-hybridized carbons (Fsp3) is 0.600. The van der Waals surface area contributed by atoms with Crippen molar-refractivity contribution in [3.63, 3.8) is 0 Å². The maximum absolute atomic E-state index is 13.3. The second-order valence-electron chi connectivity index (χ2n) is 6.22. The van der Waals surface area contributed by atoms with Crippen LogP contribution in [0.25, 0.3) is 0 Å². The first kappa shape index (κ1) is 15.4. The van der Waals surface area contributed by atoms with E-state index >= 15 is 0 Å². The Hall–Kier alpha value is -0.673. The number of nitrogens with one attached hydrogen (secondary N) is 1. The third kappa shape index (κ3) is 5.78. The van der Waals surface area contributed by atoms with Gasteiger partial charge in [-0.3, -0.25) is 0 Å². The highest BCUT2D eigenvalue weighted by molar-refractivity contribution is 6.76. The highest BCUT2D eigenvalue weighted by Crippen LogP contribution is 2.26. The molecule has 1 nitrogen and oxygen atoms in total. The number of rotatable bonds is 7. The van der Waals surface area contributed by atoms with Gasteiger partial charge in [0.15, 0.2) is 0 Å². The van der Waals surface area contributed by atoms with Gasteiger partial charge in [-0.1, -0.05) is 38.7 Å². The molecule has 1 atom stereocenters. The molecule has 1 rings (SSSR count). The summed E-state index contributed by atoms with van der Waals surface area (Å²) in [5, 5.41) is 3.48. The lowest BCUT2D eigenvalue weighted by atomic mass is 10.0. The molecule has 18 heavy (non-hydrogen) atoms. The zero-order chi connectivity index (χ0) is 13.6. The first-order valence-corrected chi connectivity index (χ1v) is 10.6. The molecular formula is C15H26FNSi. The smallest absolute Gasteiger partial charge is 0.123 e. The van der Waals surface area contributed by atoms with Crippen LogP contribution in [0.4, 0.5) is 4.39 Å². The highest BCUT2D eigenvalue weighted by Gasteiger charge is 2.21. The maximum Gasteiger partial charge on any atom is 0.123 e. The van der Waals surface area contributed by atoms with Crippen molar-refractivity contribution in [2.24, 2.45) is 0 Å². The van der Waals surface area contributed by atoms with Crippen molar-refractivity contribution in [1.82, 2.24) is 5.32 Å². The normalized spacial score (nSPS) is 13.6. The van der Waals surface area contributed by atoms with Gasteiger partial charge in [0.05, 0.1) is 0 Å². The molecule has 1 aromatic carbocycles. The lowest BCUT2D eigenvalue weighted by Crippen LogP contribution is -2.29. The molecule has 3 heteroatoms. The fourth-order valence-electron chi connectivity index (χ4n) is 2.26. The SMILES string of the molecule is CCCNCC(C[Si](C)(C)C)c1cccc(F)c1. The topological polar surface area (TPSA) is 12.0 Å². The van der Waals surface area contributed by atoms with Crippen molar-refractivity contribution in [2.75, 3.05) is 13.1 Å². The summed E-state index contributed by atoms with van der Waals surface area (Å²) in [5.41, 5.74) is 1.14. The number of halogens is 1. The summed E-state index contributed by atoms with van der Waals surface area (Å²) in [5.74, 6) is 0.322. The largest absolute Gasteiger partial charge is 0.316 e. The minimum absolute atomic E-state index is 0.122. The van der Waals surface area contributed by atoms with E-state index in [2.05, 4.69) is 37.9 Å². The van der Waals surface area contributed by atoms with Gasteiger partial charge >= 0.3 is 0 Å². The summed E-state index contributed by atoms with van der Waals surface area (Å²) < 4.78 is 13.3. The summed E-state index contributed by atoms with van der Waals surface area (Å²) in [6.45, 7) is 11.3. The third-order valence-corrected chi connectivity index (χ3v) is 4.71. The first-order valence-electron chi connectivity index (χ1n) is 6.88. The quantitative estimate of drug-likeness (QED) is 0.575. The maximum atomic E-state index is 13.3. The van der Waals surface area contributed by atoms with Gasteiger partial charge in [-0.2, -0.15) is 0 Å². The summed E-state index contributed by atoms with van der Waals surface area (Å²) in [6, 6.07) is 8.30. The van der Waals surface area contributed by atoms with Gasteiger partial charge in [0.25, 0.3) is 0 Å². The lowest BCUT2D eigenvalue weighted by Gasteiger charge is -2.25. The molecule has 0 aliphatic carbocycles. The Balaban J connectivity index is 2.76. The van der Waals surface area contributed by atoms with Gasteiger partial charge in [-0.25, -0.2) is 4.39 Å². The monoisotopic (exact) mass is 267 g/mol. The van der Waals surface area contributed by atoms with Crippen LogP contribution in [0.15, 0.2) is 24.3 Å². The van der Waals surface area contributed by atoms with Crippen LogP contribution in [0, 0.1) is 5.82 Å². The molecule has 1 N–H and O–H groups in total. The van der Waals surface area contributed by atoms with Crippen LogP contribution in [0.1, 0.15) is 24.8 Å². The Labute approximate surface area is 112 Å². The molecule has 0 spiro atoms. The van der Waals surface area contributed by atoms with Crippen LogP contribution in [-0.4, -0.2) is 21.2 Å². The number of hydrogen-bond acceptors (Lipinski definition) is 1. The second kappa shape index (κ2) is 7.05. The molecule has 1 aromatic rings. The first-order chi connectivity index (χ1) is 8.42. The summed E-state index contributed by atoms with van der Waals surface area (Å²) >= 11 is 0. The zero-order valence-corrected chi connectivity index (χ0v) is 13.1. The number of hydrogen-bond donors (Lipinski definition) is 1. The van der Waals surface area contributed by atoms with Crippen molar-refractivity contribution < 1.29 is 4.39 Å². The van der Waals surface area contributed by atoms with Crippen LogP contribution in [0.3, 0.4) is 0 Å². The minimum atomic E-state index is -1.14. The van der Waals surface area contributed by atoms with Crippen molar-refractivity contribution in [1.29, 1.82) is 0 Å². The van der Waals surface area contributed by atoms with Gasteiger partial charge in [-0.05, 0) is 42.6 Å². The van der Waals surface area contributed by atoms with Gasteiger partial charge in [-0.15, -0.1) is 0 Å². The van der Waals surface area contributed by atoms with Crippen LogP contribution >= 0.6 is 0 Å². The third-order valence-electron chi connectivity index (χ3n) is 3.00. The van der Waals surface area contributed by atoms with E-state index in [1.165, 1.54) is 12.1 Å². The molecule has 0 radical (unpaired) electrons. The van der Waals surface area contributed by atoms with Gasteiger partial charge in [0, 0.05) is 14.6 Å². The van der Waals surface area contributed by atoms with Crippen molar-refractivity contribution in [3.05, 3.63) is 35.6 Å². The molecule has 1 unspecified atom stereocenters. The summed E-state index contributed by atoms with van der Waals surface area (Å²) in [6.07, 6.45) is 1.14. The average Bonchev–Trinajstić information content (AvgIpc) is 2.26. The van der Waals surface area contributed by atoms with E-state index < -0.39 is 8.07 Å². The summed E-state index contributed by atoms with van der Waals surface area (Å²) in [7, 11) is -1.14. The van der Waals surface area contributed by atoms with Crippen molar-refractivity contribution >= 4 is 8.07 Å². The van der Waals surface area contributed by atoms with E-state index in [1.54, 1.807) is 6.07 Å². The molecule has 0 saturated heterocycles. The Morgan fingerprint density at radius 2 is 2.00 bits per heavy atom. The minimum Gasteiger partial charge on any atom is -0.316 e. The lowest BCUT2D eigenvalue weighted by molar-refractivity contribution is 0.592. The van der Waals surface area contributed by atoms with E-state index in [-0.39, 0.29) is 5.82 Å². The fourth-order valence-corrected chi connectivity index (χ4v) is 4.12. The molecule has 0 heterocycles. The molecule has 0 bridgehead atoms. The van der Waals surface area contributed by atoms with E-state index in [1.807, 2.05) is 6.07 Å². The van der Waals surface area contributed by atoms with Crippen LogP contribution < -0.4 is 5.32 Å². The van der Waals surface area contributed by atoms with Crippen LogP contribution in [0.2, 0.25) is 25.7 Å². The Morgan fingerprint density at radius 1 is 1.28 bits per heavy atom. The van der Waals surface area contributed by atoms with Gasteiger partial charge in [0.1, 0.15) is 5.82 Å². The average molecular weight is 267 g/mol. The molecular weight excluding hydrogens is 241 g/mol. The van der Waals surface area contributed by atoms with Crippen LogP contribution in [0.5, 0.6) is 0 Å². The molecule has 0 aliphatic rings. The predicted octanol–water partition coefficient (Wildman–Crippen LogP) is 4.25. The molecule has 0 saturated carbocycles. The highest BCUT2D eigenvalue weighted by atomic mass is 28.3. The van der Waals surface area contributed by atoms with E-state index in [9.17, 15) is 4.39 Å². The van der Waals surface area contributed by atoms with Crippen molar-refractivity contribution in [3.8, 4) is 0 Å². The van der Waals surface area contributed by atoms with Gasteiger partial charge < -0.3 is 5.32 Å². The summed E-state index contributed by atoms with van der Waals surface area (Å²) in [4.78, 5) is 0. The molecule has 0 aliphatic heterocycles. The Kier molecular flexibility index (Phi) is 6.02. The van der Waals surface area contributed by atoms with Crippen LogP contribution in [-0.2, 0) is 0 Å². The predicted molar refractivity (Wildman–Crippen MR) is 80.5 cm³/mol. The van der Waals surface area contributed by atoms with E-state index in [0.29, 0.717) is 5.92 Å². The zero-order valence-electron chi connectivity index (χ0n) is 12.1. The van der Waals surface area contributed by atoms with E-state index in [0.717, 1.165) is 25.1 Å². The number of benzene rings is 1. The Bertz CT molecular complexity index is 360. The van der Waals surface area contributed by atoms with Gasteiger partial charge in [0.2, 0.25) is 0 Å². The second-order valence-corrected chi connectivity index (χ2v) is 11.8. The molecule has 0 amide bonds.